The summed E-state index contributed by atoms with van der Waals surface area (Å²) < 4.78 is 27.1. The quantitative estimate of drug-likeness (QED) is 0.302. The number of imidazole rings is 1. The van der Waals surface area contributed by atoms with Crippen molar-refractivity contribution in [2.24, 2.45) is 17.6 Å². The fraction of sp³-hybridized carbons (Fsp3) is 0.613. The Hall–Kier alpha value is -2.76. The predicted molar refractivity (Wildman–Crippen MR) is 167 cm³/mol. The van der Waals surface area contributed by atoms with E-state index in [0.717, 1.165) is 5.56 Å². The first-order valence-electron chi connectivity index (χ1n) is 15.0. The number of benzene rings is 1. The van der Waals surface area contributed by atoms with Crippen LogP contribution in [0.3, 0.4) is 0 Å². The molecule has 0 radical (unpaired) electrons. The highest BCUT2D eigenvalue weighted by molar-refractivity contribution is 7.94. The molecule has 1 fully saturated rings. The molecule has 2 amide bonds. The zero-order valence-corrected chi connectivity index (χ0v) is 27.3. The summed E-state index contributed by atoms with van der Waals surface area (Å²) in [6.45, 7) is 9.79. The van der Waals surface area contributed by atoms with E-state index in [2.05, 4.69) is 10.3 Å². The smallest absolute Gasteiger partial charge is 0.272 e. The molecule has 0 spiro atoms. The third kappa shape index (κ3) is 7.15. The number of Topliss-reactive ketones (excluding diaryl/α,β-unsaturated/α-hetero) is 1. The molecule has 236 valence electrons. The van der Waals surface area contributed by atoms with Crippen LogP contribution in [-0.2, 0) is 27.6 Å². The summed E-state index contributed by atoms with van der Waals surface area (Å²) in [7, 11) is -3.75. The Morgan fingerprint density at radius 3 is 2.40 bits per heavy atom. The molecule has 43 heavy (non-hydrogen) atoms. The lowest BCUT2D eigenvalue weighted by Gasteiger charge is -2.35. The minimum absolute atomic E-state index is 0.0605. The number of nitrogens with zero attached hydrogens (tertiary/aromatic N) is 3. The van der Waals surface area contributed by atoms with Crippen LogP contribution < -0.4 is 11.1 Å². The molecule has 2 aliphatic rings. The van der Waals surface area contributed by atoms with Gasteiger partial charge in [-0.2, -0.15) is 0 Å². The van der Waals surface area contributed by atoms with Crippen LogP contribution in [0.1, 0.15) is 87.0 Å². The van der Waals surface area contributed by atoms with E-state index >= 15 is 0 Å². The Bertz CT molecular complexity index is 1460. The van der Waals surface area contributed by atoms with Crippen LogP contribution in [0, 0.1) is 11.8 Å². The van der Waals surface area contributed by atoms with E-state index in [0.29, 0.717) is 42.9 Å². The normalized spacial score (nSPS) is 17.9. The first-order chi connectivity index (χ1) is 20.1. The Balaban J connectivity index is 1.39. The van der Waals surface area contributed by atoms with Gasteiger partial charge in [-0.3, -0.25) is 14.4 Å². The fourth-order valence-electron chi connectivity index (χ4n) is 5.86. The van der Waals surface area contributed by atoms with E-state index in [1.165, 1.54) is 6.20 Å². The van der Waals surface area contributed by atoms with E-state index in [1.807, 2.05) is 45.0 Å². The highest BCUT2D eigenvalue weighted by atomic mass is 35.5. The molecule has 1 aromatic carbocycles. The van der Waals surface area contributed by atoms with Crippen molar-refractivity contribution in [1.29, 1.82) is 0 Å². The monoisotopic (exact) mass is 633 g/mol. The van der Waals surface area contributed by atoms with Crippen LogP contribution in [0.2, 0.25) is 5.02 Å². The van der Waals surface area contributed by atoms with Gasteiger partial charge in [0.15, 0.2) is 21.4 Å². The van der Waals surface area contributed by atoms with Crippen LogP contribution in [-0.4, -0.2) is 75.6 Å². The number of hydrogen-bond donors (Lipinski definition) is 2. The van der Waals surface area contributed by atoms with Gasteiger partial charge in [-0.25, -0.2) is 13.4 Å². The maximum Gasteiger partial charge on any atom is 0.272 e. The van der Waals surface area contributed by atoms with Crippen LogP contribution in [0.25, 0.3) is 0 Å². The van der Waals surface area contributed by atoms with Crippen molar-refractivity contribution in [1.82, 2.24) is 19.8 Å². The Morgan fingerprint density at radius 1 is 1.14 bits per heavy atom. The van der Waals surface area contributed by atoms with Crippen LogP contribution in [0.5, 0.6) is 0 Å². The van der Waals surface area contributed by atoms with Gasteiger partial charge in [0.25, 0.3) is 5.91 Å². The van der Waals surface area contributed by atoms with Crippen molar-refractivity contribution in [3.8, 4) is 0 Å². The lowest BCUT2D eigenvalue weighted by Crippen LogP contribution is -2.55. The molecule has 1 aromatic heterocycles. The van der Waals surface area contributed by atoms with E-state index in [1.54, 1.807) is 23.3 Å². The lowest BCUT2D eigenvalue weighted by atomic mass is 9.96. The van der Waals surface area contributed by atoms with Crippen molar-refractivity contribution in [3.63, 3.8) is 0 Å². The van der Waals surface area contributed by atoms with Gasteiger partial charge in [0, 0.05) is 37.6 Å². The SMILES string of the molecule is CC(C)C[C@H](N)C(=O)NCC(C)(C)S(=O)(=O)C1(CN2CCn3c(cnc3C(=O)C[C@@H](C)Cc3ccc(Cl)cc3)C2=O)CC1. The number of hydrogen-bond acceptors (Lipinski definition) is 7. The van der Waals surface area contributed by atoms with Gasteiger partial charge >= 0.3 is 0 Å². The maximum atomic E-state index is 13.9. The van der Waals surface area contributed by atoms with Gasteiger partial charge in [0.05, 0.1) is 21.7 Å². The third-order valence-electron chi connectivity index (χ3n) is 8.57. The van der Waals surface area contributed by atoms with Crippen molar-refractivity contribution in [3.05, 3.63) is 52.6 Å². The molecular formula is C31H44ClN5O5S. The van der Waals surface area contributed by atoms with Gasteiger partial charge in [0.1, 0.15) is 5.69 Å². The Labute approximate surface area is 259 Å². The standard InChI is InChI=1S/C31H44ClN5O5S/c1-20(2)14-24(33)28(39)35-18-30(4,5)43(41,42)31(10-11-31)19-36-12-13-37-25(29(36)40)17-34-27(37)26(38)16-21(3)15-22-6-8-23(32)9-7-22/h6-9,17,20-21,24H,10-16,18-19,33H2,1-5H3,(H,35,39)/t21-,24-/m0/s1. The summed E-state index contributed by atoms with van der Waals surface area (Å²) >= 11 is 5.97. The molecule has 2 heterocycles. The van der Waals surface area contributed by atoms with E-state index in [9.17, 15) is 22.8 Å². The summed E-state index contributed by atoms with van der Waals surface area (Å²) in [6, 6.07) is 6.85. The zero-order valence-electron chi connectivity index (χ0n) is 25.7. The average Bonchev–Trinajstić information content (AvgIpc) is 3.59. The number of halogens is 1. The number of amides is 2. The van der Waals surface area contributed by atoms with Crippen LogP contribution in [0.15, 0.2) is 30.5 Å². The summed E-state index contributed by atoms with van der Waals surface area (Å²) in [5.74, 6) is -0.274. The Morgan fingerprint density at radius 2 is 1.79 bits per heavy atom. The molecule has 4 rings (SSSR count). The lowest BCUT2D eigenvalue weighted by molar-refractivity contribution is -0.122. The van der Waals surface area contributed by atoms with Crippen molar-refractivity contribution in [2.75, 3.05) is 19.6 Å². The number of carbonyl (C=O) groups excluding carboxylic acids is 3. The molecule has 1 aliphatic heterocycles. The average molecular weight is 634 g/mol. The molecule has 12 heteroatoms. The first-order valence-corrected chi connectivity index (χ1v) is 16.8. The number of rotatable bonds is 14. The van der Waals surface area contributed by atoms with E-state index < -0.39 is 25.4 Å². The summed E-state index contributed by atoms with van der Waals surface area (Å²) in [6.07, 6.45) is 3.80. The van der Waals surface area contributed by atoms with Crippen LogP contribution >= 0.6 is 11.6 Å². The van der Waals surface area contributed by atoms with Gasteiger partial charge in [-0.15, -0.1) is 0 Å². The number of sulfone groups is 1. The summed E-state index contributed by atoms with van der Waals surface area (Å²) in [5, 5.41) is 3.39. The predicted octanol–water partition coefficient (Wildman–Crippen LogP) is 3.66. The molecule has 1 aliphatic carbocycles. The minimum Gasteiger partial charge on any atom is -0.353 e. The van der Waals surface area contributed by atoms with Gasteiger partial charge in [-0.1, -0.05) is 44.5 Å². The number of ketones is 1. The molecule has 2 atom stereocenters. The van der Waals surface area contributed by atoms with Crippen molar-refractivity contribution in [2.45, 2.75) is 88.8 Å². The van der Waals surface area contributed by atoms with Gasteiger partial charge in [-0.05, 0) is 69.1 Å². The largest absolute Gasteiger partial charge is 0.353 e. The number of nitrogens with two attached hydrogens (primary N) is 1. The molecule has 0 unspecified atom stereocenters. The summed E-state index contributed by atoms with van der Waals surface area (Å²) in [5.41, 5.74) is 7.35. The van der Waals surface area contributed by atoms with E-state index in [4.69, 9.17) is 17.3 Å². The zero-order chi connectivity index (χ0) is 31.7. The molecule has 10 nitrogen and oxygen atoms in total. The fourth-order valence-corrected chi connectivity index (χ4v) is 8.39. The number of carbonyl (C=O) groups is 3. The van der Waals surface area contributed by atoms with Crippen LogP contribution in [0.4, 0.5) is 0 Å². The van der Waals surface area contributed by atoms with Gasteiger partial charge < -0.3 is 20.5 Å². The number of aromatic nitrogens is 2. The second-order valence-corrected chi connectivity index (χ2v) is 16.7. The molecule has 2 aromatic rings. The van der Waals surface area contributed by atoms with Gasteiger partial charge in [0.2, 0.25) is 5.91 Å². The molecule has 1 saturated carbocycles. The summed E-state index contributed by atoms with van der Waals surface area (Å²) in [4.78, 5) is 45.0. The molecule has 0 saturated heterocycles. The molecular weight excluding hydrogens is 590 g/mol. The molecule has 3 N–H and O–H groups in total. The molecule has 0 bridgehead atoms. The maximum absolute atomic E-state index is 13.9. The second kappa shape index (κ2) is 12.7. The topological polar surface area (TPSA) is 144 Å². The number of fused-ring (bicyclic) bond motifs is 1. The van der Waals surface area contributed by atoms with Crippen molar-refractivity contribution < 1.29 is 22.8 Å². The highest BCUT2D eigenvalue weighted by Gasteiger charge is 2.61. The minimum atomic E-state index is -3.75. The third-order valence-corrected chi connectivity index (χ3v) is 12.1. The van der Waals surface area contributed by atoms with E-state index in [-0.39, 0.29) is 61.3 Å². The second-order valence-electron chi connectivity index (χ2n) is 13.3. The number of nitrogens with one attached hydrogen (secondary N) is 1. The first kappa shape index (κ1) is 33.1. The Kier molecular flexibility index (Phi) is 9.78. The van der Waals surface area contributed by atoms with Crippen molar-refractivity contribution >= 4 is 39.0 Å². The highest BCUT2D eigenvalue weighted by Crippen LogP contribution is 2.49.